The smallest absolute Gasteiger partial charge is 0.238 e. The average molecular weight is 492 g/mol. The SMILES string of the molecule is Cc1cc(Nc2nc(Sc3ccc(NC(=O)CN4CCNC(=O)CC4)cc3)nn3cccc23)n[nH]1. The molecule has 0 aliphatic carbocycles. The van der Waals surface area contributed by atoms with Gasteiger partial charge in [0.2, 0.25) is 17.0 Å². The van der Waals surface area contributed by atoms with Crippen LogP contribution < -0.4 is 16.0 Å². The number of aryl methyl sites for hydroxylation is 1. The largest absolute Gasteiger partial charge is 0.355 e. The minimum atomic E-state index is -0.106. The van der Waals surface area contributed by atoms with Crippen LogP contribution in [-0.2, 0) is 9.59 Å². The highest BCUT2D eigenvalue weighted by molar-refractivity contribution is 7.99. The lowest BCUT2D eigenvalue weighted by Crippen LogP contribution is -2.35. The quantitative estimate of drug-likeness (QED) is 0.310. The second kappa shape index (κ2) is 10.2. The van der Waals surface area contributed by atoms with Crippen molar-refractivity contribution >= 4 is 46.4 Å². The number of amides is 2. The number of carbonyl (C=O) groups is 2. The summed E-state index contributed by atoms with van der Waals surface area (Å²) in [5, 5.41) is 21.3. The van der Waals surface area contributed by atoms with Gasteiger partial charge in [-0.25, -0.2) is 9.50 Å². The highest BCUT2D eigenvalue weighted by atomic mass is 32.2. The normalized spacial score (nSPS) is 14.5. The molecule has 4 aromatic rings. The van der Waals surface area contributed by atoms with Crippen LogP contribution in [0, 0.1) is 6.92 Å². The maximum absolute atomic E-state index is 12.4. The fraction of sp³-hybridized carbons (Fsp3) is 0.261. The number of benzene rings is 1. The maximum Gasteiger partial charge on any atom is 0.238 e. The van der Waals surface area contributed by atoms with Crippen molar-refractivity contribution in [3.63, 3.8) is 0 Å². The number of anilines is 3. The van der Waals surface area contributed by atoms with Gasteiger partial charge in [0.15, 0.2) is 11.6 Å². The van der Waals surface area contributed by atoms with E-state index in [1.165, 1.54) is 11.8 Å². The molecule has 1 aliphatic heterocycles. The molecule has 0 spiro atoms. The maximum atomic E-state index is 12.4. The summed E-state index contributed by atoms with van der Waals surface area (Å²) in [4.78, 5) is 31.5. The van der Waals surface area contributed by atoms with E-state index < -0.39 is 0 Å². The molecular formula is C23H25N9O2S. The van der Waals surface area contributed by atoms with E-state index in [1.807, 2.05) is 60.5 Å². The second-order valence-electron chi connectivity index (χ2n) is 8.19. The topological polar surface area (TPSA) is 132 Å². The van der Waals surface area contributed by atoms with E-state index in [-0.39, 0.29) is 18.4 Å². The third kappa shape index (κ3) is 5.78. The Bertz CT molecular complexity index is 1350. The van der Waals surface area contributed by atoms with Crippen LogP contribution in [0.5, 0.6) is 0 Å². The number of aromatic nitrogens is 5. The summed E-state index contributed by atoms with van der Waals surface area (Å²) in [7, 11) is 0. The van der Waals surface area contributed by atoms with Gasteiger partial charge in [-0.2, -0.15) is 5.10 Å². The predicted octanol–water partition coefficient (Wildman–Crippen LogP) is 2.42. The van der Waals surface area contributed by atoms with Gasteiger partial charge in [0.05, 0.1) is 6.54 Å². The minimum absolute atomic E-state index is 0.0278. The molecule has 4 heterocycles. The number of aromatic amines is 1. The number of carbonyl (C=O) groups excluding carboxylic acids is 2. The fourth-order valence-corrected chi connectivity index (χ4v) is 4.49. The van der Waals surface area contributed by atoms with E-state index in [0.29, 0.717) is 48.5 Å². The Hall–Kier alpha value is -3.90. The van der Waals surface area contributed by atoms with Crippen molar-refractivity contribution in [1.29, 1.82) is 0 Å². The lowest BCUT2D eigenvalue weighted by molar-refractivity contribution is -0.121. The third-order valence-corrected chi connectivity index (χ3v) is 6.31. The van der Waals surface area contributed by atoms with E-state index >= 15 is 0 Å². The Labute approximate surface area is 205 Å². The summed E-state index contributed by atoms with van der Waals surface area (Å²) in [6.45, 7) is 4.00. The van der Waals surface area contributed by atoms with Crippen molar-refractivity contribution < 1.29 is 9.59 Å². The number of H-pyrrole nitrogens is 1. The Morgan fingerprint density at radius 3 is 2.86 bits per heavy atom. The Kier molecular flexibility index (Phi) is 6.64. The zero-order valence-electron chi connectivity index (χ0n) is 19.1. The van der Waals surface area contributed by atoms with Crippen LogP contribution in [0.25, 0.3) is 5.52 Å². The van der Waals surface area contributed by atoms with Gasteiger partial charge in [-0.3, -0.25) is 19.6 Å². The number of hydrogen-bond donors (Lipinski definition) is 4. The molecule has 0 unspecified atom stereocenters. The minimum Gasteiger partial charge on any atom is -0.355 e. The van der Waals surface area contributed by atoms with Gasteiger partial charge in [0.25, 0.3) is 0 Å². The molecule has 0 saturated carbocycles. The number of rotatable bonds is 7. The van der Waals surface area contributed by atoms with Gasteiger partial charge >= 0.3 is 0 Å². The van der Waals surface area contributed by atoms with Crippen molar-refractivity contribution in [1.82, 2.24) is 35.0 Å². The zero-order chi connectivity index (χ0) is 24.2. The van der Waals surface area contributed by atoms with E-state index in [9.17, 15) is 9.59 Å². The number of nitrogens with one attached hydrogen (secondary N) is 4. The van der Waals surface area contributed by atoms with Crippen molar-refractivity contribution in [2.24, 2.45) is 0 Å². The van der Waals surface area contributed by atoms with Gasteiger partial charge in [-0.15, -0.1) is 5.10 Å². The van der Waals surface area contributed by atoms with Crippen molar-refractivity contribution in [2.75, 3.05) is 36.8 Å². The van der Waals surface area contributed by atoms with Crippen molar-refractivity contribution in [2.45, 2.75) is 23.4 Å². The van der Waals surface area contributed by atoms with Gasteiger partial charge in [0, 0.05) is 54.6 Å². The zero-order valence-corrected chi connectivity index (χ0v) is 19.9. The lowest BCUT2D eigenvalue weighted by Gasteiger charge is -2.18. The van der Waals surface area contributed by atoms with Crippen LogP contribution in [-0.4, -0.2) is 67.7 Å². The standard InChI is InChI=1S/C23H25N9O2S/c1-15-13-19(29-28-15)26-22-18-3-2-10-32(18)30-23(27-22)35-17-6-4-16(5-7-17)25-21(34)14-31-11-8-20(33)24-9-12-31/h2-7,10,13H,8-9,11-12,14H2,1H3,(H,24,33)(H,25,34)(H2,26,27,28,29,30). The first-order valence-electron chi connectivity index (χ1n) is 11.2. The van der Waals surface area contributed by atoms with E-state index in [1.54, 1.807) is 4.52 Å². The van der Waals surface area contributed by atoms with E-state index in [2.05, 4.69) is 36.2 Å². The average Bonchev–Trinajstić information content (AvgIpc) is 3.42. The van der Waals surface area contributed by atoms with Gasteiger partial charge in [-0.1, -0.05) is 0 Å². The number of nitrogens with zero attached hydrogens (tertiary/aromatic N) is 5. The molecule has 0 radical (unpaired) electrons. The predicted molar refractivity (Wildman–Crippen MR) is 133 cm³/mol. The Morgan fingerprint density at radius 1 is 1.20 bits per heavy atom. The molecule has 180 valence electrons. The number of hydrogen-bond acceptors (Lipinski definition) is 8. The second-order valence-corrected chi connectivity index (χ2v) is 9.23. The Balaban J connectivity index is 1.23. The highest BCUT2D eigenvalue weighted by Gasteiger charge is 2.16. The summed E-state index contributed by atoms with van der Waals surface area (Å²) in [6, 6.07) is 13.3. The molecule has 12 heteroatoms. The molecule has 1 fully saturated rings. The van der Waals surface area contributed by atoms with Crippen LogP contribution in [0.1, 0.15) is 12.1 Å². The first-order valence-corrected chi connectivity index (χ1v) is 12.0. The van der Waals surface area contributed by atoms with E-state index in [0.717, 1.165) is 16.1 Å². The summed E-state index contributed by atoms with van der Waals surface area (Å²) in [5.41, 5.74) is 2.51. The first kappa shape index (κ1) is 22.9. The molecule has 4 N–H and O–H groups in total. The van der Waals surface area contributed by atoms with Crippen molar-refractivity contribution in [3.8, 4) is 0 Å². The van der Waals surface area contributed by atoms with Crippen LogP contribution in [0.3, 0.4) is 0 Å². The van der Waals surface area contributed by atoms with Crippen LogP contribution in [0.4, 0.5) is 17.3 Å². The monoisotopic (exact) mass is 491 g/mol. The van der Waals surface area contributed by atoms with Gasteiger partial charge < -0.3 is 16.0 Å². The third-order valence-electron chi connectivity index (χ3n) is 5.44. The molecule has 3 aromatic heterocycles. The molecule has 1 aliphatic rings. The molecule has 35 heavy (non-hydrogen) atoms. The van der Waals surface area contributed by atoms with Crippen LogP contribution >= 0.6 is 11.8 Å². The van der Waals surface area contributed by atoms with Crippen LogP contribution in [0.15, 0.2) is 58.7 Å². The van der Waals surface area contributed by atoms with Crippen molar-refractivity contribution in [3.05, 3.63) is 54.4 Å². The number of fused-ring (bicyclic) bond motifs is 1. The summed E-state index contributed by atoms with van der Waals surface area (Å²) in [6.07, 6.45) is 2.28. The molecule has 2 amide bonds. The molecular weight excluding hydrogens is 466 g/mol. The summed E-state index contributed by atoms with van der Waals surface area (Å²) in [5.74, 6) is 1.27. The molecule has 0 bridgehead atoms. The molecule has 11 nitrogen and oxygen atoms in total. The molecule has 0 atom stereocenters. The van der Waals surface area contributed by atoms with Gasteiger partial charge in [0.1, 0.15) is 5.52 Å². The highest BCUT2D eigenvalue weighted by Crippen LogP contribution is 2.28. The lowest BCUT2D eigenvalue weighted by atomic mass is 10.3. The molecule has 1 aromatic carbocycles. The fourth-order valence-electron chi connectivity index (χ4n) is 3.74. The first-order chi connectivity index (χ1) is 17.0. The Morgan fingerprint density at radius 2 is 2.06 bits per heavy atom. The van der Waals surface area contributed by atoms with Crippen LogP contribution in [0.2, 0.25) is 0 Å². The molecule has 5 rings (SSSR count). The molecule has 1 saturated heterocycles. The summed E-state index contributed by atoms with van der Waals surface area (Å²) >= 11 is 1.42. The summed E-state index contributed by atoms with van der Waals surface area (Å²) < 4.78 is 1.78. The van der Waals surface area contributed by atoms with Gasteiger partial charge in [-0.05, 0) is 55.1 Å². The van der Waals surface area contributed by atoms with E-state index in [4.69, 9.17) is 0 Å².